The summed E-state index contributed by atoms with van der Waals surface area (Å²) in [4.78, 5) is 4.56. The number of hydrogen-bond donors (Lipinski definition) is 0. The second kappa shape index (κ2) is 5.75. The van der Waals surface area contributed by atoms with Crippen molar-refractivity contribution in [3.05, 3.63) is 35.5 Å². The zero-order chi connectivity index (χ0) is 17.5. The van der Waals surface area contributed by atoms with Crippen LogP contribution >= 0.6 is 0 Å². The van der Waals surface area contributed by atoms with Gasteiger partial charge in [-0.05, 0) is 24.8 Å². The van der Waals surface area contributed by atoms with Gasteiger partial charge in [-0.1, -0.05) is 38.1 Å². The van der Waals surface area contributed by atoms with E-state index in [1.54, 1.807) is 18.5 Å². The summed E-state index contributed by atoms with van der Waals surface area (Å²) < 4.78 is 26.4. The average Bonchev–Trinajstić information content (AvgIpc) is 3.32. The minimum Gasteiger partial charge on any atom is -0.318 e. The molecule has 2 aromatic rings. The summed E-state index contributed by atoms with van der Waals surface area (Å²) in [6.45, 7) is 3.56. The maximum atomic E-state index is 12.4. The average molecular weight is 343 g/mol. The Kier molecular flexibility index (Phi) is 4.00. The number of aromatic nitrogens is 2. The molecule has 0 radical (unpaired) electrons. The van der Waals surface area contributed by atoms with E-state index in [2.05, 4.69) is 11.1 Å². The van der Waals surface area contributed by atoms with Crippen molar-refractivity contribution >= 4 is 9.84 Å². The molecule has 0 unspecified atom stereocenters. The maximum absolute atomic E-state index is 12.4. The Morgan fingerprint density at radius 2 is 1.88 bits per heavy atom. The molecule has 1 aliphatic carbocycles. The zero-order valence-corrected chi connectivity index (χ0v) is 15.0. The minimum absolute atomic E-state index is 0.0581. The largest absolute Gasteiger partial charge is 0.318 e. The van der Waals surface area contributed by atoms with Crippen LogP contribution in [0.4, 0.5) is 0 Å². The molecule has 5 nitrogen and oxygen atoms in total. The van der Waals surface area contributed by atoms with Crippen LogP contribution in [-0.4, -0.2) is 23.7 Å². The van der Waals surface area contributed by atoms with E-state index in [0.717, 1.165) is 24.0 Å². The first kappa shape index (κ1) is 16.7. The molecular weight excluding hydrogens is 322 g/mol. The topological polar surface area (TPSA) is 75.8 Å². The SMILES string of the molecule is CCc1nc(-c2ccc(C3(C#N)CC3)cc2)n(C)c1S(=O)(=O)CC. The van der Waals surface area contributed by atoms with Crippen LogP contribution in [0.3, 0.4) is 0 Å². The van der Waals surface area contributed by atoms with Gasteiger partial charge in [-0.3, -0.25) is 0 Å². The lowest BCUT2D eigenvalue weighted by molar-refractivity contribution is 0.585. The summed E-state index contributed by atoms with van der Waals surface area (Å²) in [6, 6.07) is 10.2. The molecule has 1 aromatic carbocycles. The van der Waals surface area contributed by atoms with Crippen molar-refractivity contribution < 1.29 is 8.42 Å². The molecule has 6 heteroatoms. The number of sulfone groups is 1. The van der Waals surface area contributed by atoms with Crippen LogP contribution in [-0.2, 0) is 28.7 Å². The predicted molar refractivity (Wildman–Crippen MR) is 92.3 cm³/mol. The molecule has 1 fully saturated rings. The van der Waals surface area contributed by atoms with Gasteiger partial charge in [0.05, 0.1) is 22.9 Å². The molecule has 0 atom stereocenters. The molecule has 1 saturated carbocycles. The van der Waals surface area contributed by atoms with Crippen molar-refractivity contribution in [2.24, 2.45) is 7.05 Å². The lowest BCUT2D eigenvalue weighted by Gasteiger charge is -2.09. The summed E-state index contributed by atoms with van der Waals surface area (Å²) in [5.41, 5.74) is 2.18. The van der Waals surface area contributed by atoms with Crippen molar-refractivity contribution in [1.82, 2.24) is 9.55 Å². The van der Waals surface area contributed by atoms with E-state index in [1.807, 2.05) is 31.2 Å². The predicted octanol–water partition coefficient (Wildman–Crippen LogP) is 3.00. The summed E-state index contributed by atoms with van der Waals surface area (Å²) in [5.74, 6) is 0.704. The fraction of sp³-hybridized carbons (Fsp3) is 0.444. The number of nitriles is 1. The van der Waals surface area contributed by atoms with Crippen LogP contribution in [0.5, 0.6) is 0 Å². The number of imidazole rings is 1. The highest BCUT2D eigenvalue weighted by Gasteiger charge is 2.44. The molecule has 0 bridgehead atoms. The molecule has 126 valence electrons. The Morgan fingerprint density at radius 3 is 2.33 bits per heavy atom. The molecule has 1 heterocycles. The van der Waals surface area contributed by atoms with E-state index < -0.39 is 9.84 Å². The van der Waals surface area contributed by atoms with Gasteiger partial charge < -0.3 is 4.57 Å². The number of aryl methyl sites for hydroxylation is 1. The van der Waals surface area contributed by atoms with Crippen molar-refractivity contribution in [3.8, 4) is 17.5 Å². The fourth-order valence-corrected chi connectivity index (χ4v) is 4.41. The second-order valence-corrected chi connectivity index (χ2v) is 8.47. The Bertz CT molecular complexity index is 914. The van der Waals surface area contributed by atoms with Crippen molar-refractivity contribution in [1.29, 1.82) is 5.26 Å². The standard InChI is InChI=1S/C18H21N3O2S/c1-4-15-17(24(22,23)5-2)21(3)16(20-15)13-6-8-14(9-7-13)18(12-19)10-11-18/h6-9H,4-5,10-11H2,1-3H3. The van der Waals surface area contributed by atoms with E-state index in [1.165, 1.54) is 0 Å². The van der Waals surface area contributed by atoms with Gasteiger partial charge in [-0.25, -0.2) is 13.4 Å². The quantitative estimate of drug-likeness (QED) is 0.836. The number of nitrogens with zero attached hydrogens (tertiary/aromatic N) is 3. The Balaban J connectivity index is 2.06. The van der Waals surface area contributed by atoms with E-state index in [-0.39, 0.29) is 11.2 Å². The third-order valence-corrected chi connectivity index (χ3v) is 6.64. The van der Waals surface area contributed by atoms with Crippen LogP contribution in [0, 0.1) is 11.3 Å². The summed E-state index contributed by atoms with van der Waals surface area (Å²) in [6.07, 6.45) is 2.38. The van der Waals surface area contributed by atoms with Crippen LogP contribution in [0.2, 0.25) is 0 Å². The van der Waals surface area contributed by atoms with Crippen molar-refractivity contribution in [2.75, 3.05) is 5.75 Å². The van der Waals surface area contributed by atoms with Crippen LogP contribution in [0.15, 0.2) is 29.3 Å². The van der Waals surface area contributed by atoms with Crippen molar-refractivity contribution in [3.63, 3.8) is 0 Å². The van der Waals surface area contributed by atoms with Gasteiger partial charge in [0.25, 0.3) is 0 Å². The highest BCUT2D eigenvalue weighted by atomic mass is 32.2. The Labute approximate surface area is 142 Å². The first-order valence-corrected chi connectivity index (χ1v) is 9.84. The first-order chi connectivity index (χ1) is 11.4. The molecule has 0 spiro atoms. The maximum Gasteiger partial charge on any atom is 0.195 e. The smallest absolute Gasteiger partial charge is 0.195 e. The number of hydrogen-bond acceptors (Lipinski definition) is 4. The summed E-state index contributed by atoms with van der Waals surface area (Å²) in [7, 11) is -1.58. The normalized spacial score (nSPS) is 15.9. The molecular formula is C18H21N3O2S. The lowest BCUT2D eigenvalue weighted by atomic mass is 9.96. The molecule has 0 amide bonds. The first-order valence-electron chi connectivity index (χ1n) is 8.19. The second-order valence-electron chi connectivity index (χ2n) is 6.27. The molecule has 0 aliphatic heterocycles. The van der Waals surface area contributed by atoms with Crippen LogP contribution in [0.1, 0.15) is 37.9 Å². The highest BCUT2D eigenvalue weighted by molar-refractivity contribution is 7.91. The lowest BCUT2D eigenvalue weighted by Crippen LogP contribution is -2.11. The molecule has 1 aromatic heterocycles. The van der Waals surface area contributed by atoms with Crippen LogP contribution < -0.4 is 0 Å². The summed E-state index contributed by atoms with van der Waals surface area (Å²) in [5, 5.41) is 9.60. The molecule has 24 heavy (non-hydrogen) atoms. The summed E-state index contributed by atoms with van der Waals surface area (Å²) >= 11 is 0. The Hall–Kier alpha value is -2.13. The third-order valence-electron chi connectivity index (χ3n) is 4.78. The van der Waals surface area contributed by atoms with Gasteiger partial charge >= 0.3 is 0 Å². The van der Waals surface area contributed by atoms with E-state index in [4.69, 9.17) is 0 Å². The van der Waals surface area contributed by atoms with E-state index in [9.17, 15) is 13.7 Å². The molecule has 1 aliphatic rings. The van der Waals surface area contributed by atoms with Gasteiger partial charge in [0, 0.05) is 12.6 Å². The van der Waals surface area contributed by atoms with Gasteiger partial charge in [-0.2, -0.15) is 5.26 Å². The Morgan fingerprint density at radius 1 is 1.25 bits per heavy atom. The molecule has 0 N–H and O–H groups in total. The molecule has 3 rings (SSSR count). The van der Waals surface area contributed by atoms with E-state index >= 15 is 0 Å². The van der Waals surface area contributed by atoms with Gasteiger partial charge in [-0.15, -0.1) is 0 Å². The van der Waals surface area contributed by atoms with Gasteiger partial charge in [0.2, 0.25) is 0 Å². The van der Waals surface area contributed by atoms with Gasteiger partial charge in [0.15, 0.2) is 14.9 Å². The highest BCUT2D eigenvalue weighted by Crippen LogP contribution is 2.47. The van der Waals surface area contributed by atoms with Gasteiger partial charge in [0.1, 0.15) is 5.82 Å². The van der Waals surface area contributed by atoms with E-state index in [0.29, 0.717) is 23.0 Å². The fourth-order valence-electron chi connectivity index (χ4n) is 3.08. The molecule has 0 saturated heterocycles. The monoisotopic (exact) mass is 343 g/mol. The minimum atomic E-state index is -3.33. The van der Waals surface area contributed by atoms with Crippen molar-refractivity contribution in [2.45, 2.75) is 43.6 Å². The number of benzene rings is 1. The number of rotatable bonds is 5. The zero-order valence-electron chi connectivity index (χ0n) is 14.2. The van der Waals surface area contributed by atoms with Crippen LogP contribution in [0.25, 0.3) is 11.4 Å². The third kappa shape index (κ3) is 2.53.